The van der Waals surface area contributed by atoms with Gasteiger partial charge < -0.3 is 4.90 Å². The monoisotopic (exact) mass is 353 g/mol. The number of anilines is 1. The van der Waals surface area contributed by atoms with Gasteiger partial charge in [0.2, 0.25) is 0 Å². The topological polar surface area (TPSA) is 89.5 Å². The van der Waals surface area contributed by atoms with E-state index in [4.69, 9.17) is 0 Å². The minimum Gasteiger partial charge on any atom is -0.372 e. The highest BCUT2D eigenvalue weighted by Crippen LogP contribution is 2.27. The van der Waals surface area contributed by atoms with E-state index in [1.54, 1.807) is 12.2 Å². The highest BCUT2D eigenvalue weighted by atomic mass is 16.6. The average Bonchev–Trinajstić information content (AvgIpc) is 2.67. The second-order valence-electron chi connectivity index (χ2n) is 6.23. The van der Waals surface area contributed by atoms with Crippen LogP contribution in [0.2, 0.25) is 0 Å². The van der Waals surface area contributed by atoms with Gasteiger partial charge in [-0.3, -0.25) is 20.2 Å². The van der Waals surface area contributed by atoms with Gasteiger partial charge in [0.25, 0.3) is 11.4 Å². The Hall–Kier alpha value is -3.22. The Balaban J connectivity index is 1.79. The molecule has 0 radical (unpaired) electrons. The largest absolute Gasteiger partial charge is 0.372 e. The Labute approximate surface area is 150 Å². The third-order valence-electron chi connectivity index (χ3n) is 4.49. The van der Waals surface area contributed by atoms with Gasteiger partial charge in [0.1, 0.15) is 0 Å². The van der Waals surface area contributed by atoms with Crippen molar-refractivity contribution in [1.82, 2.24) is 0 Å². The first-order chi connectivity index (χ1) is 12.5. The number of nitro benzene ring substituents is 2. The zero-order valence-corrected chi connectivity index (χ0v) is 14.2. The molecule has 0 atom stereocenters. The van der Waals surface area contributed by atoms with Gasteiger partial charge in [-0.1, -0.05) is 18.2 Å². The van der Waals surface area contributed by atoms with Gasteiger partial charge in [-0.05, 0) is 49.1 Å². The second-order valence-corrected chi connectivity index (χ2v) is 6.23. The Morgan fingerprint density at radius 2 is 1.54 bits per heavy atom. The SMILES string of the molecule is O=[N+]([O-])c1ccc(C=Cc2ccc(N3CCCCC3)cc2)c([N+](=O)[O-])c1. The molecule has 7 heteroatoms. The molecule has 0 spiro atoms. The van der Waals surface area contributed by atoms with E-state index in [1.807, 2.05) is 12.1 Å². The van der Waals surface area contributed by atoms with Crippen molar-refractivity contribution in [1.29, 1.82) is 0 Å². The van der Waals surface area contributed by atoms with Gasteiger partial charge in [0.15, 0.2) is 0 Å². The number of piperidine rings is 1. The zero-order chi connectivity index (χ0) is 18.5. The maximum Gasteiger partial charge on any atom is 0.283 e. The molecule has 1 fully saturated rings. The highest BCUT2D eigenvalue weighted by molar-refractivity contribution is 5.75. The Morgan fingerprint density at radius 1 is 0.846 bits per heavy atom. The van der Waals surface area contributed by atoms with E-state index in [2.05, 4.69) is 17.0 Å². The first-order valence-corrected chi connectivity index (χ1v) is 8.50. The number of non-ortho nitro benzene ring substituents is 1. The molecule has 1 aliphatic heterocycles. The van der Waals surface area contributed by atoms with Crippen molar-refractivity contribution in [2.75, 3.05) is 18.0 Å². The summed E-state index contributed by atoms with van der Waals surface area (Å²) < 4.78 is 0. The summed E-state index contributed by atoms with van der Waals surface area (Å²) >= 11 is 0. The maximum atomic E-state index is 11.2. The molecule has 0 saturated carbocycles. The minimum absolute atomic E-state index is 0.277. The molecular formula is C19H19N3O4. The summed E-state index contributed by atoms with van der Waals surface area (Å²) in [5, 5.41) is 22.0. The molecule has 1 heterocycles. The summed E-state index contributed by atoms with van der Waals surface area (Å²) in [6, 6.07) is 11.7. The number of rotatable bonds is 5. The van der Waals surface area contributed by atoms with Crippen LogP contribution in [0.25, 0.3) is 12.2 Å². The lowest BCUT2D eigenvalue weighted by atomic mass is 10.1. The summed E-state index contributed by atoms with van der Waals surface area (Å²) in [6.07, 6.45) is 7.09. The van der Waals surface area contributed by atoms with Crippen molar-refractivity contribution in [2.24, 2.45) is 0 Å². The molecular weight excluding hydrogens is 334 g/mol. The standard InChI is InChI=1S/C19H19N3O4/c23-21(24)18-11-8-16(19(14-18)22(25)26)7-4-15-5-9-17(10-6-15)20-12-2-1-3-13-20/h4-11,14H,1-3,12-13H2. The van der Waals surface area contributed by atoms with E-state index in [0.29, 0.717) is 5.56 Å². The third-order valence-corrected chi connectivity index (χ3v) is 4.49. The first kappa shape index (κ1) is 17.6. The number of nitrogens with zero attached hydrogens (tertiary/aromatic N) is 3. The highest BCUT2D eigenvalue weighted by Gasteiger charge is 2.17. The molecule has 0 unspecified atom stereocenters. The summed E-state index contributed by atoms with van der Waals surface area (Å²) in [5.41, 5.74) is 1.86. The molecule has 3 rings (SSSR count). The molecule has 1 aliphatic rings. The Kier molecular flexibility index (Phi) is 5.26. The summed E-state index contributed by atoms with van der Waals surface area (Å²) in [7, 11) is 0. The van der Waals surface area contributed by atoms with Gasteiger partial charge >= 0.3 is 0 Å². The van der Waals surface area contributed by atoms with Crippen LogP contribution >= 0.6 is 0 Å². The maximum absolute atomic E-state index is 11.2. The molecule has 0 bridgehead atoms. The number of hydrogen-bond acceptors (Lipinski definition) is 5. The van der Waals surface area contributed by atoms with Gasteiger partial charge in [-0.25, -0.2) is 0 Å². The predicted molar refractivity (Wildman–Crippen MR) is 101 cm³/mol. The van der Waals surface area contributed by atoms with E-state index in [-0.39, 0.29) is 11.4 Å². The van der Waals surface area contributed by atoms with Crippen molar-refractivity contribution in [2.45, 2.75) is 19.3 Å². The molecule has 1 saturated heterocycles. The van der Waals surface area contributed by atoms with Crippen LogP contribution in [0.15, 0.2) is 42.5 Å². The molecule has 2 aromatic rings. The molecule has 0 N–H and O–H groups in total. The van der Waals surface area contributed by atoms with Crippen molar-refractivity contribution in [3.8, 4) is 0 Å². The van der Waals surface area contributed by atoms with E-state index in [1.165, 1.54) is 37.1 Å². The van der Waals surface area contributed by atoms with Gasteiger partial charge in [0, 0.05) is 24.8 Å². The summed E-state index contributed by atoms with van der Waals surface area (Å²) in [4.78, 5) is 23.1. The van der Waals surface area contributed by atoms with Crippen LogP contribution in [0.4, 0.5) is 17.1 Å². The van der Waals surface area contributed by atoms with E-state index in [0.717, 1.165) is 24.7 Å². The number of nitro groups is 2. The van der Waals surface area contributed by atoms with Crippen molar-refractivity contribution in [3.05, 3.63) is 73.8 Å². The Morgan fingerprint density at radius 3 is 2.15 bits per heavy atom. The van der Waals surface area contributed by atoms with Crippen molar-refractivity contribution >= 4 is 29.2 Å². The van der Waals surface area contributed by atoms with Crippen LogP contribution in [0.1, 0.15) is 30.4 Å². The fourth-order valence-corrected chi connectivity index (χ4v) is 3.08. The van der Waals surface area contributed by atoms with E-state index < -0.39 is 9.85 Å². The quantitative estimate of drug-likeness (QED) is 0.443. The smallest absolute Gasteiger partial charge is 0.283 e. The van der Waals surface area contributed by atoms with Gasteiger partial charge in [0.05, 0.1) is 21.5 Å². The molecule has 134 valence electrons. The average molecular weight is 353 g/mol. The molecule has 0 aromatic heterocycles. The molecule has 0 aliphatic carbocycles. The predicted octanol–water partition coefficient (Wildman–Crippen LogP) is 4.66. The van der Waals surface area contributed by atoms with Gasteiger partial charge in [-0.2, -0.15) is 0 Å². The molecule has 2 aromatic carbocycles. The molecule has 26 heavy (non-hydrogen) atoms. The van der Waals surface area contributed by atoms with E-state index >= 15 is 0 Å². The van der Waals surface area contributed by atoms with Crippen LogP contribution in [0.3, 0.4) is 0 Å². The van der Waals surface area contributed by atoms with Crippen LogP contribution in [0.5, 0.6) is 0 Å². The minimum atomic E-state index is -0.639. The van der Waals surface area contributed by atoms with Crippen LogP contribution in [0, 0.1) is 20.2 Å². The van der Waals surface area contributed by atoms with Crippen LogP contribution < -0.4 is 4.90 Å². The zero-order valence-electron chi connectivity index (χ0n) is 14.2. The third kappa shape index (κ3) is 4.05. The van der Waals surface area contributed by atoms with Crippen LogP contribution in [-0.2, 0) is 0 Å². The van der Waals surface area contributed by atoms with E-state index in [9.17, 15) is 20.2 Å². The molecule has 7 nitrogen and oxygen atoms in total. The van der Waals surface area contributed by atoms with Crippen LogP contribution in [-0.4, -0.2) is 22.9 Å². The Bertz CT molecular complexity index is 840. The van der Waals surface area contributed by atoms with Crippen molar-refractivity contribution in [3.63, 3.8) is 0 Å². The first-order valence-electron chi connectivity index (χ1n) is 8.50. The number of benzene rings is 2. The normalized spacial score (nSPS) is 14.5. The summed E-state index contributed by atoms with van der Waals surface area (Å²) in [6.45, 7) is 2.15. The van der Waals surface area contributed by atoms with Crippen molar-refractivity contribution < 1.29 is 9.85 Å². The number of hydrogen-bond donors (Lipinski definition) is 0. The fraction of sp³-hybridized carbons (Fsp3) is 0.263. The lowest BCUT2D eigenvalue weighted by molar-refractivity contribution is -0.394. The lowest BCUT2D eigenvalue weighted by Gasteiger charge is -2.28. The fourth-order valence-electron chi connectivity index (χ4n) is 3.08. The second kappa shape index (κ2) is 7.77. The van der Waals surface area contributed by atoms with Gasteiger partial charge in [-0.15, -0.1) is 0 Å². The summed E-state index contributed by atoms with van der Waals surface area (Å²) in [5.74, 6) is 0. The lowest BCUT2D eigenvalue weighted by Crippen LogP contribution is -2.29. The molecule has 0 amide bonds.